The van der Waals surface area contributed by atoms with Gasteiger partial charge in [0.1, 0.15) is 5.82 Å². The Bertz CT molecular complexity index is 1440. The zero-order valence-corrected chi connectivity index (χ0v) is 21.4. The molecule has 0 aliphatic carbocycles. The van der Waals surface area contributed by atoms with Crippen LogP contribution >= 0.6 is 12.4 Å². The zero-order chi connectivity index (χ0) is 25.6. The molecule has 0 aliphatic heterocycles. The average molecular weight is 527 g/mol. The number of benzene rings is 4. The van der Waals surface area contributed by atoms with E-state index in [1.165, 1.54) is 6.07 Å². The van der Waals surface area contributed by atoms with Crippen molar-refractivity contribution in [2.24, 2.45) is 5.73 Å². The molecule has 5 aromatic rings. The summed E-state index contributed by atoms with van der Waals surface area (Å²) in [5, 5.41) is 7.16. The van der Waals surface area contributed by atoms with Crippen LogP contribution in [0.25, 0.3) is 11.1 Å². The van der Waals surface area contributed by atoms with Crippen molar-refractivity contribution in [1.82, 2.24) is 9.78 Å². The Hall–Kier alpha value is -4.26. The molecule has 0 bridgehead atoms. The second kappa shape index (κ2) is 12.3. The average Bonchev–Trinajstić information content (AvgIpc) is 3.38. The predicted octanol–water partition coefficient (Wildman–Crippen LogP) is 6.26. The molecule has 192 valence electrons. The lowest BCUT2D eigenvalue weighted by atomic mass is 9.85. The maximum Gasteiger partial charge on any atom is 0.242 e. The second-order valence-corrected chi connectivity index (χ2v) is 8.92. The SMILES string of the molecule is Cl.N[C@H](C(=O)Nc1ccc(-c2cnn(Cc3ccccc3)c2)c(F)c1)C(c1ccccc1)c1ccccc1. The first kappa shape index (κ1) is 26.8. The number of nitrogens with one attached hydrogen (secondary N) is 1. The van der Waals surface area contributed by atoms with E-state index in [4.69, 9.17) is 5.73 Å². The molecule has 3 N–H and O–H groups in total. The summed E-state index contributed by atoms with van der Waals surface area (Å²) in [6, 6.07) is 33.1. The van der Waals surface area contributed by atoms with Gasteiger partial charge in [0, 0.05) is 28.9 Å². The van der Waals surface area contributed by atoms with E-state index in [2.05, 4.69) is 10.4 Å². The smallest absolute Gasteiger partial charge is 0.242 e. The Morgan fingerprint density at radius 3 is 2.03 bits per heavy atom. The normalized spacial score (nSPS) is 11.6. The van der Waals surface area contributed by atoms with Gasteiger partial charge in [-0.2, -0.15) is 5.10 Å². The summed E-state index contributed by atoms with van der Waals surface area (Å²) in [6.45, 7) is 0.596. The first-order valence-electron chi connectivity index (χ1n) is 12.1. The number of amides is 1. The first-order chi connectivity index (χ1) is 18.1. The maximum atomic E-state index is 15.1. The molecule has 0 aliphatic rings. The third-order valence-corrected chi connectivity index (χ3v) is 6.35. The second-order valence-electron chi connectivity index (χ2n) is 8.92. The van der Waals surface area contributed by atoms with E-state index in [1.807, 2.05) is 97.2 Å². The van der Waals surface area contributed by atoms with Gasteiger partial charge < -0.3 is 11.1 Å². The number of hydrogen-bond donors (Lipinski definition) is 2. The minimum absolute atomic E-state index is 0. The quantitative estimate of drug-likeness (QED) is 0.251. The predicted molar refractivity (Wildman–Crippen MR) is 152 cm³/mol. The monoisotopic (exact) mass is 526 g/mol. The van der Waals surface area contributed by atoms with Crippen molar-refractivity contribution in [2.75, 3.05) is 5.32 Å². The van der Waals surface area contributed by atoms with Crippen molar-refractivity contribution in [1.29, 1.82) is 0 Å². The van der Waals surface area contributed by atoms with Crippen LogP contribution in [0.5, 0.6) is 0 Å². The Kier molecular flexibility index (Phi) is 8.69. The minimum Gasteiger partial charge on any atom is -0.325 e. The number of aromatic nitrogens is 2. The standard InChI is InChI=1S/C31H27FN4O.ClH/c32-28-18-26(16-17-27(28)25-19-34-36(21-25)20-22-10-4-1-5-11-22)35-31(37)30(33)29(23-12-6-2-7-13-23)24-14-8-3-9-15-24;/h1-19,21,29-30H,20,33H2,(H,35,37);1H/t30-;/m0./s1. The molecule has 0 saturated heterocycles. The highest BCUT2D eigenvalue weighted by molar-refractivity contribution is 5.96. The van der Waals surface area contributed by atoms with Crippen LogP contribution in [0.15, 0.2) is 122 Å². The van der Waals surface area contributed by atoms with E-state index < -0.39 is 11.9 Å². The molecule has 38 heavy (non-hydrogen) atoms. The van der Waals surface area contributed by atoms with Crippen molar-refractivity contribution in [2.45, 2.75) is 18.5 Å². The van der Waals surface area contributed by atoms with Crippen LogP contribution in [0.4, 0.5) is 10.1 Å². The summed E-state index contributed by atoms with van der Waals surface area (Å²) in [7, 11) is 0. The van der Waals surface area contributed by atoms with Crippen LogP contribution in [0.2, 0.25) is 0 Å². The number of nitrogens with zero attached hydrogens (tertiary/aromatic N) is 2. The summed E-state index contributed by atoms with van der Waals surface area (Å²) >= 11 is 0. The van der Waals surface area contributed by atoms with Crippen LogP contribution in [-0.2, 0) is 11.3 Å². The van der Waals surface area contributed by atoms with E-state index in [9.17, 15) is 4.79 Å². The van der Waals surface area contributed by atoms with Gasteiger partial charge in [-0.05, 0) is 34.9 Å². The molecule has 0 unspecified atom stereocenters. The van der Waals surface area contributed by atoms with E-state index in [-0.39, 0.29) is 24.2 Å². The molecule has 0 fully saturated rings. The highest BCUT2D eigenvalue weighted by Gasteiger charge is 2.28. The van der Waals surface area contributed by atoms with E-state index in [1.54, 1.807) is 23.0 Å². The van der Waals surface area contributed by atoms with Crippen molar-refractivity contribution in [3.05, 3.63) is 144 Å². The summed E-state index contributed by atoms with van der Waals surface area (Å²) < 4.78 is 16.9. The first-order valence-corrected chi connectivity index (χ1v) is 12.1. The van der Waals surface area contributed by atoms with Gasteiger partial charge in [-0.25, -0.2) is 4.39 Å². The lowest BCUT2D eigenvalue weighted by Gasteiger charge is -2.24. The molecule has 1 amide bonds. The van der Waals surface area contributed by atoms with E-state index in [0.29, 0.717) is 23.4 Å². The molecule has 7 heteroatoms. The summed E-state index contributed by atoms with van der Waals surface area (Å²) in [5.74, 6) is -1.18. The summed E-state index contributed by atoms with van der Waals surface area (Å²) in [5.41, 5.74) is 10.9. The molecule has 0 radical (unpaired) electrons. The Balaban J connectivity index is 0.00000336. The summed E-state index contributed by atoms with van der Waals surface area (Å²) in [6.07, 6.45) is 3.45. The fraction of sp³-hybridized carbons (Fsp3) is 0.0968. The molecule has 1 atom stereocenters. The number of anilines is 1. The Morgan fingerprint density at radius 1 is 0.868 bits per heavy atom. The Labute approximate surface area is 227 Å². The maximum absolute atomic E-state index is 15.1. The van der Waals surface area contributed by atoms with Crippen LogP contribution in [0.3, 0.4) is 0 Å². The van der Waals surface area contributed by atoms with Crippen LogP contribution in [0.1, 0.15) is 22.6 Å². The Morgan fingerprint density at radius 2 is 1.45 bits per heavy atom. The molecule has 0 saturated carbocycles. The topological polar surface area (TPSA) is 72.9 Å². The van der Waals surface area contributed by atoms with Gasteiger partial charge in [-0.1, -0.05) is 91.0 Å². The molecule has 4 aromatic carbocycles. The van der Waals surface area contributed by atoms with Crippen LogP contribution < -0.4 is 11.1 Å². The number of nitrogens with two attached hydrogens (primary N) is 1. The fourth-order valence-electron chi connectivity index (χ4n) is 4.49. The zero-order valence-electron chi connectivity index (χ0n) is 20.6. The van der Waals surface area contributed by atoms with Crippen molar-refractivity contribution >= 4 is 24.0 Å². The lowest BCUT2D eigenvalue weighted by Crippen LogP contribution is -2.41. The molecule has 5 nitrogen and oxygen atoms in total. The third-order valence-electron chi connectivity index (χ3n) is 6.35. The third kappa shape index (κ3) is 6.17. The highest BCUT2D eigenvalue weighted by atomic mass is 35.5. The van der Waals surface area contributed by atoms with Gasteiger partial charge in [-0.3, -0.25) is 9.48 Å². The van der Waals surface area contributed by atoms with Crippen molar-refractivity contribution < 1.29 is 9.18 Å². The van der Waals surface area contributed by atoms with E-state index >= 15 is 4.39 Å². The van der Waals surface area contributed by atoms with E-state index in [0.717, 1.165) is 16.7 Å². The van der Waals surface area contributed by atoms with Crippen LogP contribution in [0, 0.1) is 5.82 Å². The fourth-order valence-corrected chi connectivity index (χ4v) is 4.49. The van der Waals surface area contributed by atoms with Crippen molar-refractivity contribution in [3.63, 3.8) is 0 Å². The van der Waals surface area contributed by atoms with Gasteiger partial charge in [0.25, 0.3) is 0 Å². The molecular formula is C31H28ClFN4O. The highest BCUT2D eigenvalue weighted by Crippen LogP contribution is 2.29. The van der Waals surface area contributed by atoms with Gasteiger partial charge in [0.15, 0.2) is 0 Å². The van der Waals surface area contributed by atoms with Crippen molar-refractivity contribution in [3.8, 4) is 11.1 Å². The number of carbonyl (C=O) groups is 1. The van der Waals surface area contributed by atoms with Gasteiger partial charge in [0.05, 0.1) is 18.8 Å². The number of carbonyl (C=O) groups excluding carboxylic acids is 1. The lowest BCUT2D eigenvalue weighted by molar-refractivity contribution is -0.117. The number of halogens is 2. The largest absolute Gasteiger partial charge is 0.325 e. The molecule has 1 aromatic heterocycles. The molecular weight excluding hydrogens is 499 g/mol. The molecule has 1 heterocycles. The van der Waals surface area contributed by atoms with Gasteiger partial charge in [-0.15, -0.1) is 12.4 Å². The molecule has 0 spiro atoms. The minimum atomic E-state index is -0.872. The van der Waals surface area contributed by atoms with Crippen LogP contribution in [-0.4, -0.2) is 21.7 Å². The van der Waals surface area contributed by atoms with Gasteiger partial charge >= 0.3 is 0 Å². The number of rotatable bonds is 8. The van der Waals surface area contributed by atoms with Gasteiger partial charge in [0.2, 0.25) is 5.91 Å². The molecule has 5 rings (SSSR count). The number of hydrogen-bond acceptors (Lipinski definition) is 3. The summed E-state index contributed by atoms with van der Waals surface area (Å²) in [4.78, 5) is 13.2.